The van der Waals surface area contributed by atoms with Gasteiger partial charge in [0, 0.05) is 13.1 Å². The van der Waals surface area contributed by atoms with Crippen LogP contribution in [0.2, 0.25) is 0 Å². The molecule has 0 aromatic heterocycles. The van der Waals surface area contributed by atoms with Gasteiger partial charge in [0.25, 0.3) is 5.91 Å². The van der Waals surface area contributed by atoms with Crippen LogP contribution in [0.4, 0.5) is 0 Å². The summed E-state index contributed by atoms with van der Waals surface area (Å²) < 4.78 is 10.7. The standard InChI is InChI=1S/C14H19NO4/c1-10-7-15(8-11(9-16)19-10)14(17)12-5-3-4-6-13(12)18-2/h3-6,10-11,16H,7-9H2,1-2H3. The molecule has 2 atom stereocenters. The quantitative estimate of drug-likeness (QED) is 0.883. The normalized spacial score (nSPS) is 23.2. The molecule has 19 heavy (non-hydrogen) atoms. The van der Waals surface area contributed by atoms with E-state index >= 15 is 0 Å². The van der Waals surface area contributed by atoms with Crippen molar-refractivity contribution >= 4 is 5.91 Å². The third kappa shape index (κ3) is 3.05. The highest BCUT2D eigenvalue weighted by molar-refractivity contribution is 5.97. The van der Waals surface area contributed by atoms with E-state index in [1.165, 1.54) is 0 Å². The van der Waals surface area contributed by atoms with Crippen LogP contribution in [0.3, 0.4) is 0 Å². The first-order valence-corrected chi connectivity index (χ1v) is 6.34. The molecule has 0 saturated carbocycles. The van der Waals surface area contributed by atoms with Crippen molar-refractivity contribution < 1.29 is 19.4 Å². The number of nitrogens with zero attached hydrogens (tertiary/aromatic N) is 1. The second kappa shape index (κ2) is 6.04. The number of aliphatic hydroxyl groups is 1. The van der Waals surface area contributed by atoms with E-state index in [0.717, 1.165) is 0 Å². The summed E-state index contributed by atoms with van der Waals surface area (Å²) in [5.41, 5.74) is 0.538. The summed E-state index contributed by atoms with van der Waals surface area (Å²) in [5, 5.41) is 9.19. The third-order valence-electron chi connectivity index (χ3n) is 3.15. The van der Waals surface area contributed by atoms with Gasteiger partial charge in [-0.15, -0.1) is 0 Å². The van der Waals surface area contributed by atoms with Crippen LogP contribution in [0.15, 0.2) is 24.3 Å². The number of para-hydroxylation sites is 1. The molecule has 2 rings (SSSR count). The van der Waals surface area contributed by atoms with E-state index in [0.29, 0.717) is 24.4 Å². The number of ether oxygens (including phenoxy) is 2. The Balaban J connectivity index is 2.18. The van der Waals surface area contributed by atoms with Crippen LogP contribution in [0, 0.1) is 0 Å². The molecule has 5 heteroatoms. The second-order valence-electron chi connectivity index (χ2n) is 4.66. The highest BCUT2D eigenvalue weighted by Crippen LogP contribution is 2.21. The van der Waals surface area contributed by atoms with Gasteiger partial charge in [-0.3, -0.25) is 4.79 Å². The van der Waals surface area contributed by atoms with Crippen LogP contribution in [-0.2, 0) is 4.74 Å². The fraction of sp³-hybridized carbons (Fsp3) is 0.500. The topological polar surface area (TPSA) is 59.0 Å². The van der Waals surface area contributed by atoms with Crippen molar-refractivity contribution in [2.75, 3.05) is 26.8 Å². The first-order valence-electron chi connectivity index (χ1n) is 6.34. The lowest BCUT2D eigenvalue weighted by Gasteiger charge is -2.36. The molecule has 1 aliphatic rings. The largest absolute Gasteiger partial charge is 0.496 e. The summed E-state index contributed by atoms with van der Waals surface area (Å²) in [6.07, 6.45) is -0.396. The lowest BCUT2D eigenvalue weighted by molar-refractivity contribution is -0.0859. The molecular formula is C14H19NO4. The molecule has 2 unspecified atom stereocenters. The molecule has 1 saturated heterocycles. The van der Waals surface area contributed by atoms with Gasteiger partial charge in [0.2, 0.25) is 0 Å². The molecule has 0 spiro atoms. The van der Waals surface area contributed by atoms with Crippen LogP contribution in [0.1, 0.15) is 17.3 Å². The lowest BCUT2D eigenvalue weighted by atomic mass is 10.1. The molecule has 1 N–H and O–H groups in total. The second-order valence-corrected chi connectivity index (χ2v) is 4.66. The predicted molar refractivity (Wildman–Crippen MR) is 70.3 cm³/mol. The zero-order valence-corrected chi connectivity index (χ0v) is 11.2. The Bertz CT molecular complexity index is 449. The molecular weight excluding hydrogens is 246 g/mol. The van der Waals surface area contributed by atoms with E-state index in [-0.39, 0.29) is 24.7 Å². The Morgan fingerprint density at radius 2 is 2.21 bits per heavy atom. The number of aliphatic hydroxyl groups excluding tert-OH is 1. The Hall–Kier alpha value is -1.59. The van der Waals surface area contributed by atoms with Crippen LogP contribution in [-0.4, -0.2) is 54.9 Å². The number of morpholine rings is 1. The van der Waals surface area contributed by atoms with Gasteiger partial charge in [-0.05, 0) is 19.1 Å². The number of amides is 1. The smallest absolute Gasteiger partial charge is 0.257 e. The van der Waals surface area contributed by atoms with Crippen LogP contribution in [0.25, 0.3) is 0 Å². The van der Waals surface area contributed by atoms with Gasteiger partial charge in [0.15, 0.2) is 0 Å². The van der Waals surface area contributed by atoms with Crippen molar-refractivity contribution in [2.45, 2.75) is 19.1 Å². The van der Waals surface area contributed by atoms with E-state index in [4.69, 9.17) is 9.47 Å². The van der Waals surface area contributed by atoms with Crippen molar-refractivity contribution in [1.29, 1.82) is 0 Å². The van der Waals surface area contributed by atoms with Gasteiger partial charge in [0.05, 0.1) is 31.5 Å². The maximum atomic E-state index is 12.5. The highest BCUT2D eigenvalue weighted by Gasteiger charge is 2.29. The Morgan fingerprint density at radius 1 is 1.47 bits per heavy atom. The first kappa shape index (κ1) is 13.8. The van der Waals surface area contributed by atoms with E-state index in [9.17, 15) is 9.90 Å². The molecule has 0 aliphatic carbocycles. The van der Waals surface area contributed by atoms with Gasteiger partial charge in [-0.2, -0.15) is 0 Å². The SMILES string of the molecule is COc1ccccc1C(=O)N1CC(C)OC(CO)C1. The average Bonchev–Trinajstić information content (AvgIpc) is 2.45. The summed E-state index contributed by atoms with van der Waals surface area (Å²) >= 11 is 0. The lowest BCUT2D eigenvalue weighted by Crippen LogP contribution is -2.50. The summed E-state index contributed by atoms with van der Waals surface area (Å²) in [6.45, 7) is 2.73. The number of methoxy groups -OCH3 is 1. The Morgan fingerprint density at radius 3 is 2.89 bits per heavy atom. The minimum absolute atomic E-state index is 0.0791. The van der Waals surface area contributed by atoms with E-state index in [1.54, 1.807) is 24.1 Å². The molecule has 1 aliphatic heterocycles. The monoisotopic (exact) mass is 265 g/mol. The number of hydrogen-bond donors (Lipinski definition) is 1. The molecule has 1 fully saturated rings. The van der Waals surface area contributed by atoms with Crippen LogP contribution >= 0.6 is 0 Å². The van der Waals surface area contributed by atoms with Crippen LogP contribution < -0.4 is 4.74 Å². The maximum Gasteiger partial charge on any atom is 0.257 e. The molecule has 1 aromatic carbocycles. The van der Waals surface area contributed by atoms with Gasteiger partial charge in [-0.25, -0.2) is 0 Å². The highest BCUT2D eigenvalue weighted by atomic mass is 16.5. The molecule has 104 valence electrons. The zero-order valence-electron chi connectivity index (χ0n) is 11.2. The van der Waals surface area contributed by atoms with E-state index in [1.807, 2.05) is 19.1 Å². The summed E-state index contributed by atoms with van der Waals surface area (Å²) in [7, 11) is 1.55. The summed E-state index contributed by atoms with van der Waals surface area (Å²) in [5.74, 6) is 0.471. The average molecular weight is 265 g/mol. The van der Waals surface area contributed by atoms with Crippen molar-refractivity contribution in [2.24, 2.45) is 0 Å². The Labute approximate surface area is 112 Å². The first-order chi connectivity index (χ1) is 9.15. The van der Waals surface area contributed by atoms with Crippen molar-refractivity contribution in [3.05, 3.63) is 29.8 Å². The predicted octanol–water partition coefficient (Wildman–Crippen LogP) is 0.917. The zero-order chi connectivity index (χ0) is 13.8. The number of benzene rings is 1. The Kier molecular flexibility index (Phi) is 4.39. The minimum Gasteiger partial charge on any atom is -0.496 e. The van der Waals surface area contributed by atoms with Crippen molar-refractivity contribution in [3.8, 4) is 5.75 Å². The van der Waals surface area contributed by atoms with Crippen molar-refractivity contribution in [1.82, 2.24) is 4.90 Å². The fourth-order valence-corrected chi connectivity index (χ4v) is 2.30. The number of carbonyl (C=O) groups excluding carboxylic acids is 1. The van der Waals surface area contributed by atoms with E-state index < -0.39 is 0 Å². The van der Waals surface area contributed by atoms with Gasteiger partial charge >= 0.3 is 0 Å². The van der Waals surface area contributed by atoms with E-state index in [2.05, 4.69) is 0 Å². The van der Waals surface area contributed by atoms with Gasteiger partial charge in [-0.1, -0.05) is 12.1 Å². The van der Waals surface area contributed by atoms with Crippen LogP contribution in [0.5, 0.6) is 5.75 Å². The van der Waals surface area contributed by atoms with Gasteiger partial charge < -0.3 is 19.5 Å². The molecule has 0 radical (unpaired) electrons. The number of rotatable bonds is 3. The fourth-order valence-electron chi connectivity index (χ4n) is 2.30. The minimum atomic E-state index is -0.317. The number of carbonyl (C=O) groups is 1. The number of hydrogen-bond acceptors (Lipinski definition) is 4. The summed E-state index contributed by atoms with van der Waals surface area (Å²) in [6, 6.07) is 7.15. The third-order valence-corrected chi connectivity index (χ3v) is 3.15. The summed E-state index contributed by atoms with van der Waals surface area (Å²) in [4.78, 5) is 14.2. The molecule has 5 nitrogen and oxygen atoms in total. The molecule has 1 heterocycles. The molecule has 0 bridgehead atoms. The molecule has 1 amide bonds. The van der Waals surface area contributed by atoms with Gasteiger partial charge in [0.1, 0.15) is 5.75 Å². The van der Waals surface area contributed by atoms with Crippen molar-refractivity contribution in [3.63, 3.8) is 0 Å². The molecule has 1 aromatic rings. The maximum absolute atomic E-state index is 12.5.